The molecule has 0 radical (unpaired) electrons. The molecule has 1 fully saturated rings. The van der Waals surface area contributed by atoms with Crippen LogP contribution in [0.5, 0.6) is 0 Å². The van der Waals surface area contributed by atoms with Gasteiger partial charge < -0.3 is 16.0 Å². The summed E-state index contributed by atoms with van der Waals surface area (Å²) in [5.41, 5.74) is 9.56. The Hall–Kier alpha value is -1.06. The lowest BCUT2D eigenvalue weighted by Crippen LogP contribution is -2.41. The quantitative estimate of drug-likeness (QED) is 0.856. The minimum Gasteiger partial charge on any atom is -0.382 e. The second-order valence-electron chi connectivity index (χ2n) is 5.37. The monoisotopic (exact) mass is 247 g/mol. The predicted octanol–water partition coefficient (Wildman–Crippen LogP) is 2.14. The molecule has 18 heavy (non-hydrogen) atoms. The summed E-state index contributed by atoms with van der Waals surface area (Å²) in [7, 11) is 0. The van der Waals surface area contributed by atoms with Crippen molar-refractivity contribution in [1.82, 2.24) is 4.90 Å². The highest BCUT2D eigenvalue weighted by Gasteiger charge is 2.18. The van der Waals surface area contributed by atoms with Gasteiger partial charge in [0, 0.05) is 37.9 Å². The highest BCUT2D eigenvalue weighted by molar-refractivity contribution is 5.52. The Morgan fingerprint density at radius 3 is 2.61 bits per heavy atom. The van der Waals surface area contributed by atoms with E-state index in [1.54, 1.807) is 0 Å². The van der Waals surface area contributed by atoms with E-state index >= 15 is 0 Å². The lowest BCUT2D eigenvalue weighted by molar-refractivity contribution is 0.224. The number of nitrogens with two attached hydrogens (primary N) is 1. The van der Waals surface area contributed by atoms with Gasteiger partial charge in [-0.3, -0.25) is 0 Å². The average molecular weight is 247 g/mol. The molecule has 3 nitrogen and oxygen atoms in total. The van der Waals surface area contributed by atoms with E-state index in [0.717, 1.165) is 13.1 Å². The molecule has 1 aromatic carbocycles. The Labute approximate surface area is 110 Å². The summed E-state index contributed by atoms with van der Waals surface area (Å²) in [6.07, 6.45) is 2.43. The molecule has 1 heterocycles. The first-order valence-corrected chi connectivity index (χ1v) is 6.95. The second-order valence-corrected chi connectivity index (χ2v) is 5.37. The number of hydrogen-bond acceptors (Lipinski definition) is 3. The van der Waals surface area contributed by atoms with Gasteiger partial charge in [0.25, 0.3) is 0 Å². The standard InChI is InChI=1S/C15H25N3/c1-12-3-4-15(13(2)11-12)17-14-5-8-18(9-6-14)10-7-16/h3-4,11,14,17H,5-10,16H2,1-2H3. The highest BCUT2D eigenvalue weighted by Crippen LogP contribution is 2.20. The number of aryl methyl sites for hydroxylation is 2. The Morgan fingerprint density at radius 2 is 2.00 bits per heavy atom. The zero-order chi connectivity index (χ0) is 13.0. The fourth-order valence-corrected chi connectivity index (χ4v) is 2.68. The molecule has 0 atom stereocenters. The van der Waals surface area contributed by atoms with Crippen molar-refractivity contribution in [3.63, 3.8) is 0 Å². The lowest BCUT2D eigenvalue weighted by Gasteiger charge is -2.32. The third-order valence-electron chi connectivity index (χ3n) is 3.77. The molecule has 3 heteroatoms. The van der Waals surface area contributed by atoms with Crippen LogP contribution in [-0.4, -0.2) is 37.1 Å². The first-order valence-electron chi connectivity index (χ1n) is 6.95. The van der Waals surface area contributed by atoms with Gasteiger partial charge in [-0.15, -0.1) is 0 Å². The van der Waals surface area contributed by atoms with Crippen LogP contribution >= 0.6 is 0 Å². The van der Waals surface area contributed by atoms with Crippen LogP contribution in [0.25, 0.3) is 0 Å². The number of rotatable bonds is 4. The number of benzene rings is 1. The number of nitrogens with zero attached hydrogens (tertiary/aromatic N) is 1. The minimum atomic E-state index is 0.612. The number of nitrogens with one attached hydrogen (secondary N) is 1. The predicted molar refractivity (Wildman–Crippen MR) is 78.1 cm³/mol. The van der Waals surface area contributed by atoms with E-state index in [-0.39, 0.29) is 0 Å². The second kappa shape index (κ2) is 6.21. The fourth-order valence-electron chi connectivity index (χ4n) is 2.68. The smallest absolute Gasteiger partial charge is 0.0372 e. The maximum absolute atomic E-state index is 5.59. The van der Waals surface area contributed by atoms with E-state index in [0.29, 0.717) is 6.04 Å². The van der Waals surface area contributed by atoms with Crippen LogP contribution in [0.1, 0.15) is 24.0 Å². The van der Waals surface area contributed by atoms with Crippen LogP contribution in [0.2, 0.25) is 0 Å². The maximum atomic E-state index is 5.59. The summed E-state index contributed by atoms with van der Waals surface area (Å²) < 4.78 is 0. The first-order chi connectivity index (χ1) is 8.69. The normalized spacial score (nSPS) is 17.9. The van der Waals surface area contributed by atoms with Crippen LogP contribution in [0, 0.1) is 13.8 Å². The molecule has 0 bridgehead atoms. The van der Waals surface area contributed by atoms with Crippen molar-refractivity contribution in [1.29, 1.82) is 0 Å². The molecule has 0 amide bonds. The molecule has 1 aromatic rings. The highest BCUT2D eigenvalue weighted by atomic mass is 15.1. The van der Waals surface area contributed by atoms with Gasteiger partial charge in [-0.1, -0.05) is 17.7 Å². The number of likely N-dealkylation sites (tertiary alicyclic amines) is 1. The summed E-state index contributed by atoms with van der Waals surface area (Å²) in [6, 6.07) is 7.24. The van der Waals surface area contributed by atoms with Gasteiger partial charge in [-0.25, -0.2) is 0 Å². The molecule has 3 N–H and O–H groups in total. The molecular weight excluding hydrogens is 222 g/mol. The Kier molecular flexibility index (Phi) is 4.61. The van der Waals surface area contributed by atoms with E-state index in [1.807, 2.05) is 0 Å². The van der Waals surface area contributed by atoms with Gasteiger partial charge in [0.1, 0.15) is 0 Å². The van der Waals surface area contributed by atoms with Crippen molar-refractivity contribution in [2.75, 3.05) is 31.5 Å². The number of hydrogen-bond donors (Lipinski definition) is 2. The first kappa shape index (κ1) is 13.4. The van der Waals surface area contributed by atoms with Crippen LogP contribution in [-0.2, 0) is 0 Å². The molecule has 100 valence electrons. The Bertz CT molecular complexity index is 381. The summed E-state index contributed by atoms with van der Waals surface area (Å²) >= 11 is 0. The molecular formula is C15H25N3. The fraction of sp³-hybridized carbons (Fsp3) is 0.600. The van der Waals surface area contributed by atoms with Crippen LogP contribution in [0.4, 0.5) is 5.69 Å². The van der Waals surface area contributed by atoms with Gasteiger partial charge in [-0.2, -0.15) is 0 Å². The minimum absolute atomic E-state index is 0.612. The van der Waals surface area contributed by atoms with Gasteiger partial charge in [0.05, 0.1) is 0 Å². The SMILES string of the molecule is Cc1ccc(NC2CCN(CCN)CC2)c(C)c1. The van der Waals surface area contributed by atoms with E-state index in [4.69, 9.17) is 5.73 Å². The topological polar surface area (TPSA) is 41.3 Å². The van der Waals surface area contributed by atoms with E-state index in [2.05, 4.69) is 42.3 Å². The largest absolute Gasteiger partial charge is 0.382 e. The van der Waals surface area contributed by atoms with Gasteiger partial charge in [0.15, 0.2) is 0 Å². The molecule has 0 saturated carbocycles. The van der Waals surface area contributed by atoms with E-state index < -0.39 is 0 Å². The van der Waals surface area contributed by atoms with Crippen molar-refractivity contribution in [3.8, 4) is 0 Å². The molecule has 0 unspecified atom stereocenters. The van der Waals surface area contributed by atoms with Crippen molar-refractivity contribution >= 4 is 5.69 Å². The van der Waals surface area contributed by atoms with Crippen molar-refractivity contribution in [2.24, 2.45) is 5.73 Å². The zero-order valence-electron chi connectivity index (χ0n) is 11.6. The van der Waals surface area contributed by atoms with Crippen molar-refractivity contribution in [3.05, 3.63) is 29.3 Å². The lowest BCUT2D eigenvalue weighted by atomic mass is 10.0. The van der Waals surface area contributed by atoms with Gasteiger partial charge in [0.2, 0.25) is 0 Å². The summed E-state index contributed by atoms with van der Waals surface area (Å²) in [5.74, 6) is 0. The zero-order valence-corrected chi connectivity index (χ0v) is 11.6. The van der Waals surface area contributed by atoms with Crippen LogP contribution < -0.4 is 11.1 Å². The Morgan fingerprint density at radius 1 is 1.28 bits per heavy atom. The summed E-state index contributed by atoms with van der Waals surface area (Å²) in [4.78, 5) is 2.46. The maximum Gasteiger partial charge on any atom is 0.0372 e. The average Bonchev–Trinajstić information content (AvgIpc) is 2.35. The van der Waals surface area contributed by atoms with Crippen molar-refractivity contribution < 1.29 is 0 Å². The molecule has 0 aromatic heterocycles. The molecule has 1 aliphatic rings. The van der Waals surface area contributed by atoms with Crippen molar-refractivity contribution in [2.45, 2.75) is 32.7 Å². The van der Waals surface area contributed by atoms with E-state index in [9.17, 15) is 0 Å². The molecule has 1 aliphatic heterocycles. The third-order valence-corrected chi connectivity index (χ3v) is 3.77. The summed E-state index contributed by atoms with van der Waals surface area (Å²) in [5, 5.41) is 3.68. The third kappa shape index (κ3) is 3.47. The molecule has 2 rings (SSSR count). The number of anilines is 1. The van der Waals surface area contributed by atoms with Gasteiger partial charge >= 0.3 is 0 Å². The molecule has 0 aliphatic carbocycles. The molecule has 1 saturated heterocycles. The van der Waals surface area contributed by atoms with E-state index in [1.165, 1.54) is 42.7 Å². The van der Waals surface area contributed by atoms with Gasteiger partial charge in [-0.05, 0) is 38.3 Å². The van der Waals surface area contributed by atoms with Crippen LogP contribution in [0.3, 0.4) is 0 Å². The molecule has 0 spiro atoms. The Balaban J connectivity index is 1.87. The van der Waals surface area contributed by atoms with Crippen LogP contribution in [0.15, 0.2) is 18.2 Å². The number of piperidine rings is 1. The summed E-state index contributed by atoms with van der Waals surface area (Å²) in [6.45, 7) is 8.46.